The lowest BCUT2D eigenvalue weighted by atomic mass is 10.2. The van der Waals surface area contributed by atoms with E-state index < -0.39 is 0 Å². The van der Waals surface area contributed by atoms with Gasteiger partial charge in [0.2, 0.25) is 0 Å². The summed E-state index contributed by atoms with van der Waals surface area (Å²) in [7, 11) is 0. The molecule has 0 amide bonds. The minimum Gasteiger partial charge on any atom is -0.378 e. The number of ether oxygens (including phenoxy) is 1. The number of thioether (sulfide) groups is 1. The zero-order valence-electron chi connectivity index (χ0n) is 15.9. The topological polar surface area (TPSA) is 61.8 Å². The van der Waals surface area contributed by atoms with Crippen LogP contribution in [-0.2, 0) is 11.3 Å². The summed E-state index contributed by atoms with van der Waals surface area (Å²) >= 11 is 1.90. The molecule has 0 aliphatic carbocycles. The third-order valence-electron chi connectivity index (χ3n) is 4.00. The van der Waals surface area contributed by atoms with Crippen molar-refractivity contribution >= 4 is 47.5 Å². The van der Waals surface area contributed by atoms with E-state index >= 15 is 0 Å². The smallest absolute Gasteiger partial charge is 0.191 e. The van der Waals surface area contributed by atoms with E-state index in [0.717, 1.165) is 63.2 Å². The lowest BCUT2D eigenvalue weighted by Crippen LogP contribution is -2.38. The van der Waals surface area contributed by atoms with E-state index in [1.165, 1.54) is 12.2 Å². The number of nitrogens with zero attached hydrogens (tertiary/aromatic N) is 3. The summed E-state index contributed by atoms with van der Waals surface area (Å²) in [4.78, 5) is 11.6. The van der Waals surface area contributed by atoms with Crippen LogP contribution >= 0.6 is 35.7 Å². The zero-order chi connectivity index (χ0) is 17.7. The Hall–Kier alpha value is -0.740. The van der Waals surface area contributed by atoms with Gasteiger partial charge in [0.25, 0.3) is 0 Å². The molecule has 0 bridgehead atoms. The summed E-state index contributed by atoms with van der Waals surface area (Å²) < 4.78 is 5.44. The molecule has 2 N–H and O–H groups in total. The fraction of sp³-hybridized carbons (Fsp3) is 0.667. The van der Waals surface area contributed by atoms with Gasteiger partial charge in [-0.25, -0.2) is 9.98 Å². The van der Waals surface area contributed by atoms with Crippen LogP contribution in [0.3, 0.4) is 0 Å². The highest BCUT2D eigenvalue weighted by Crippen LogP contribution is 2.19. The molecule has 1 fully saturated rings. The van der Waals surface area contributed by atoms with E-state index in [0.29, 0.717) is 6.54 Å². The van der Waals surface area contributed by atoms with Crippen LogP contribution in [0, 0.1) is 0 Å². The molecule has 2 rings (SSSR count). The second-order valence-electron chi connectivity index (χ2n) is 5.91. The largest absolute Gasteiger partial charge is 0.378 e. The number of guanidine groups is 1. The van der Waals surface area contributed by atoms with E-state index in [2.05, 4.69) is 39.8 Å². The lowest BCUT2D eigenvalue weighted by Gasteiger charge is -2.29. The molecule has 26 heavy (non-hydrogen) atoms. The molecule has 0 unspecified atom stereocenters. The van der Waals surface area contributed by atoms with Crippen molar-refractivity contribution in [3.63, 3.8) is 0 Å². The minimum absolute atomic E-state index is 0. The molecule has 0 atom stereocenters. The average Bonchev–Trinajstić information content (AvgIpc) is 2.67. The number of aromatic nitrogens is 1. The van der Waals surface area contributed by atoms with Crippen LogP contribution in [0.1, 0.15) is 25.3 Å². The third kappa shape index (κ3) is 8.30. The molecule has 0 radical (unpaired) electrons. The molecule has 1 aromatic rings. The Morgan fingerprint density at radius 1 is 1.31 bits per heavy atom. The molecule has 148 valence electrons. The molecular weight excluding hydrogens is 461 g/mol. The van der Waals surface area contributed by atoms with E-state index in [4.69, 9.17) is 9.73 Å². The first-order valence-corrected chi connectivity index (χ1v) is 10.5. The van der Waals surface area contributed by atoms with Gasteiger partial charge in [-0.15, -0.1) is 24.0 Å². The van der Waals surface area contributed by atoms with Crippen LogP contribution in [0.2, 0.25) is 0 Å². The van der Waals surface area contributed by atoms with Crippen molar-refractivity contribution in [1.82, 2.24) is 15.6 Å². The molecule has 2 heterocycles. The van der Waals surface area contributed by atoms with Crippen molar-refractivity contribution in [2.24, 2.45) is 4.99 Å². The van der Waals surface area contributed by atoms with E-state index in [-0.39, 0.29) is 24.0 Å². The van der Waals surface area contributed by atoms with Crippen molar-refractivity contribution in [2.75, 3.05) is 56.3 Å². The average molecular weight is 493 g/mol. The Balaban J connectivity index is 0.00000338. The predicted molar refractivity (Wildman–Crippen MR) is 123 cm³/mol. The van der Waals surface area contributed by atoms with Crippen LogP contribution < -0.4 is 15.5 Å². The first kappa shape index (κ1) is 23.3. The van der Waals surface area contributed by atoms with Gasteiger partial charge < -0.3 is 20.3 Å². The van der Waals surface area contributed by atoms with Crippen molar-refractivity contribution in [3.05, 3.63) is 23.9 Å². The SMILES string of the molecule is CCNC(=NCc1cccnc1N1CCOCC1)NCCCCSC.I. The van der Waals surface area contributed by atoms with Crippen molar-refractivity contribution < 1.29 is 4.74 Å². The maximum Gasteiger partial charge on any atom is 0.191 e. The van der Waals surface area contributed by atoms with Gasteiger partial charge in [-0.05, 0) is 37.8 Å². The first-order chi connectivity index (χ1) is 12.3. The van der Waals surface area contributed by atoms with Crippen LogP contribution in [0.15, 0.2) is 23.3 Å². The van der Waals surface area contributed by atoms with Gasteiger partial charge in [-0.1, -0.05) is 6.07 Å². The van der Waals surface area contributed by atoms with Gasteiger partial charge in [0.1, 0.15) is 5.82 Å². The zero-order valence-corrected chi connectivity index (χ0v) is 19.0. The number of rotatable bonds is 9. The van der Waals surface area contributed by atoms with Crippen LogP contribution in [-0.4, -0.2) is 62.3 Å². The van der Waals surface area contributed by atoms with Crippen LogP contribution in [0.5, 0.6) is 0 Å². The summed E-state index contributed by atoms with van der Waals surface area (Å²) in [5.74, 6) is 3.13. The minimum atomic E-state index is 0. The standard InChI is InChI=1S/C18H31N5OS.HI/c1-3-19-18(21-8-4-5-14-25-2)22-15-16-7-6-9-20-17(16)23-10-12-24-13-11-23;/h6-7,9H,3-5,8,10-15H2,1-2H3,(H2,19,21,22);1H. The molecule has 1 aromatic heterocycles. The molecule has 8 heteroatoms. The molecular formula is C18H32IN5OS. The van der Waals surface area contributed by atoms with Gasteiger partial charge in [0, 0.05) is 37.9 Å². The van der Waals surface area contributed by atoms with Crippen molar-refractivity contribution in [2.45, 2.75) is 26.3 Å². The normalized spacial score (nSPS) is 14.7. The monoisotopic (exact) mass is 493 g/mol. The maximum atomic E-state index is 5.44. The van der Waals surface area contributed by atoms with E-state index in [1.807, 2.05) is 24.0 Å². The molecule has 6 nitrogen and oxygen atoms in total. The van der Waals surface area contributed by atoms with Gasteiger partial charge in [-0.2, -0.15) is 11.8 Å². The summed E-state index contributed by atoms with van der Waals surface area (Å²) in [5.41, 5.74) is 1.16. The quantitative estimate of drug-likeness (QED) is 0.239. The van der Waals surface area contributed by atoms with Crippen molar-refractivity contribution in [1.29, 1.82) is 0 Å². The van der Waals surface area contributed by atoms with E-state index in [9.17, 15) is 0 Å². The summed E-state index contributed by atoms with van der Waals surface area (Å²) in [6.07, 6.45) is 6.40. The summed E-state index contributed by atoms with van der Waals surface area (Å²) in [6, 6.07) is 4.10. The maximum absolute atomic E-state index is 5.44. The Morgan fingerprint density at radius 2 is 2.12 bits per heavy atom. The fourth-order valence-corrected chi connectivity index (χ4v) is 3.19. The van der Waals surface area contributed by atoms with Crippen LogP contribution in [0.4, 0.5) is 5.82 Å². The van der Waals surface area contributed by atoms with E-state index in [1.54, 1.807) is 0 Å². The van der Waals surface area contributed by atoms with Gasteiger partial charge in [-0.3, -0.25) is 0 Å². The Bertz CT molecular complexity index is 526. The third-order valence-corrected chi connectivity index (χ3v) is 4.69. The number of aliphatic imine (C=N–C) groups is 1. The molecule has 1 saturated heterocycles. The molecule has 0 spiro atoms. The predicted octanol–water partition coefficient (Wildman–Crippen LogP) is 2.73. The second kappa shape index (κ2) is 14.3. The highest BCUT2D eigenvalue weighted by atomic mass is 127. The number of pyridine rings is 1. The summed E-state index contributed by atoms with van der Waals surface area (Å²) in [6.45, 7) is 7.84. The molecule has 0 aromatic carbocycles. The Kier molecular flexibility index (Phi) is 12.8. The van der Waals surface area contributed by atoms with Crippen LogP contribution in [0.25, 0.3) is 0 Å². The molecule has 1 aliphatic heterocycles. The molecule has 1 aliphatic rings. The molecule has 0 saturated carbocycles. The fourth-order valence-electron chi connectivity index (χ4n) is 2.70. The number of hydrogen-bond acceptors (Lipinski definition) is 5. The number of morpholine rings is 1. The number of halogens is 1. The van der Waals surface area contributed by atoms with Gasteiger partial charge >= 0.3 is 0 Å². The number of unbranched alkanes of at least 4 members (excludes halogenated alkanes) is 1. The van der Waals surface area contributed by atoms with Gasteiger partial charge in [0.05, 0.1) is 19.8 Å². The van der Waals surface area contributed by atoms with Gasteiger partial charge in [0.15, 0.2) is 5.96 Å². The lowest BCUT2D eigenvalue weighted by molar-refractivity contribution is 0.122. The summed E-state index contributed by atoms with van der Waals surface area (Å²) in [5, 5.41) is 6.75. The second-order valence-corrected chi connectivity index (χ2v) is 6.89. The number of anilines is 1. The number of hydrogen-bond donors (Lipinski definition) is 2. The highest BCUT2D eigenvalue weighted by molar-refractivity contribution is 14.0. The Labute approximate surface area is 179 Å². The number of nitrogens with one attached hydrogen (secondary N) is 2. The van der Waals surface area contributed by atoms with Crippen molar-refractivity contribution in [3.8, 4) is 0 Å². The highest BCUT2D eigenvalue weighted by Gasteiger charge is 2.15. The Morgan fingerprint density at radius 3 is 2.85 bits per heavy atom. The first-order valence-electron chi connectivity index (χ1n) is 9.13.